The van der Waals surface area contributed by atoms with Crippen LogP contribution in [0.3, 0.4) is 0 Å². The first-order valence-electron chi connectivity index (χ1n) is 17.8. The summed E-state index contributed by atoms with van der Waals surface area (Å²) in [6.07, 6.45) is 0. The Balaban J connectivity index is 1.26. The third-order valence-corrected chi connectivity index (χ3v) is 12.0. The molecular formula is C48H27N3OS. The molecule has 53 heavy (non-hydrogen) atoms. The van der Waals surface area contributed by atoms with Crippen LogP contribution in [-0.2, 0) is 0 Å². The Morgan fingerprint density at radius 3 is 1.89 bits per heavy atom. The first-order chi connectivity index (χ1) is 26.3. The lowest BCUT2D eigenvalue weighted by atomic mass is 9.93. The summed E-state index contributed by atoms with van der Waals surface area (Å²) >= 11 is 1.84. The van der Waals surface area contributed by atoms with Gasteiger partial charge in [-0.15, -0.1) is 11.3 Å². The van der Waals surface area contributed by atoms with Gasteiger partial charge in [0.2, 0.25) is 5.95 Å². The second kappa shape index (κ2) is 10.8. The maximum absolute atomic E-state index is 6.68. The normalized spacial score (nSPS) is 12.2. The van der Waals surface area contributed by atoms with Crippen molar-refractivity contribution in [2.45, 2.75) is 0 Å². The molecule has 0 aliphatic heterocycles. The topological polar surface area (TPSA) is 43.9 Å². The van der Waals surface area contributed by atoms with Gasteiger partial charge in [0, 0.05) is 37.2 Å². The number of furan rings is 1. The fourth-order valence-corrected chi connectivity index (χ4v) is 9.83. The Morgan fingerprint density at radius 1 is 0.472 bits per heavy atom. The van der Waals surface area contributed by atoms with Crippen molar-refractivity contribution in [3.05, 3.63) is 164 Å². The highest BCUT2D eigenvalue weighted by molar-refractivity contribution is 7.27. The van der Waals surface area contributed by atoms with E-state index >= 15 is 0 Å². The van der Waals surface area contributed by atoms with E-state index in [-0.39, 0.29) is 0 Å². The van der Waals surface area contributed by atoms with E-state index in [0.717, 1.165) is 49.5 Å². The second-order valence-corrected chi connectivity index (χ2v) is 14.7. The molecule has 0 unspecified atom stereocenters. The summed E-state index contributed by atoms with van der Waals surface area (Å²) in [6.45, 7) is 0. The molecule has 0 aliphatic carbocycles. The highest BCUT2D eigenvalue weighted by Gasteiger charge is 2.25. The molecule has 0 saturated heterocycles. The van der Waals surface area contributed by atoms with Gasteiger partial charge < -0.3 is 4.42 Å². The summed E-state index contributed by atoms with van der Waals surface area (Å²) in [6, 6.07) is 58.1. The molecule has 5 heteroatoms. The number of benzene rings is 8. The summed E-state index contributed by atoms with van der Waals surface area (Å²) in [5.74, 6) is 0.621. The van der Waals surface area contributed by atoms with E-state index in [4.69, 9.17) is 14.4 Å². The molecular weight excluding hydrogens is 667 g/mol. The Bertz CT molecular complexity index is 3460. The van der Waals surface area contributed by atoms with Crippen LogP contribution in [0.5, 0.6) is 0 Å². The first kappa shape index (κ1) is 28.8. The molecule has 12 aromatic rings. The van der Waals surface area contributed by atoms with Crippen molar-refractivity contribution in [2.24, 2.45) is 0 Å². The Hall–Kier alpha value is -6.82. The standard InChI is InChI=1S/C48H27N3OS/c1-2-14-28(15-3-1)29-26-27-34(31-17-5-4-16-30(29)31)43-46-44(36-21-9-12-24-39(36)52-46)50-48(49-43)51-38-23-11-8-20-35(38)41-32-18-6-7-19-33(32)42-37-22-10-13-25-40(37)53-47(42)45(41)51/h1-27H. The van der Waals surface area contributed by atoms with Crippen LogP contribution < -0.4 is 0 Å². The average Bonchev–Trinajstić information content (AvgIpc) is 3.91. The molecule has 0 N–H and O–H groups in total. The van der Waals surface area contributed by atoms with Crippen molar-refractivity contribution in [3.63, 3.8) is 0 Å². The van der Waals surface area contributed by atoms with Crippen LogP contribution in [0.15, 0.2) is 168 Å². The molecule has 0 fully saturated rings. The van der Waals surface area contributed by atoms with Gasteiger partial charge in [-0.3, -0.25) is 4.57 Å². The third kappa shape index (κ3) is 4.00. The minimum atomic E-state index is 0.621. The predicted molar refractivity (Wildman–Crippen MR) is 222 cm³/mol. The van der Waals surface area contributed by atoms with Gasteiger partial charge in [-0.2, -0.15) is 0 Å². The SMILES string of the molecule is c1ccc(-c2ccc(-c3nc(-n4c5ccccc5c5c6ccccc6c6c7ccccc7sc6c54)nc4c3oc3ccccc34)c3ccccc23)cc1. The van der Waals surface area contributed by atoms with Gasteiger partial charge in [-0.05, 0) is 56.9 Å². The Kier molecular flexibility index (Phi) is 5.90. The Morgan fingerprint density at radius 2 is 1.08 bits per heavy atom. The maximum Gasteiger partial charge on any atom is 0.236 e. The fourth-order valence-electron chi connectivity index (χ4n) is 8.57. The van der Waals surface area contributed by atoms with Gasteiger partial charge in [-0.1, -0.05) is 140 Å². The van der Waals surface area contributed by atoms with Crippen molar-refractivity contribution in [3.8, 4) is 28.3 Å². The fraction of sp³-hybridized carbons (Fsp3) is 0. The third-order valence-electron chi connectivity index (χ3n) is 10.8. The molecule has 4 aromatic heterocycles. The van der Waals surface area contributed by atoms with Gasteiger partial charge in [0.15, 0.2) is 5.58 Å². The molecule has 0 radical (unpaired) electrons. The number of hydrogen-bond acceptors (Lipinski definition) is 4. The highest BCUT2D eigenvalue weighted by atomic mass is 32.1. The predicted octanol–water partition coefficient (Wildman–Crippen LogP) is 13.5. The summed E-state index contributed by atoms with van der Waals surface area (Å²) < 4.78 is 11.5. The number of aromatic nitrogens is 3. The molecule has 246 valence electrons. The highest BCUT2D eigenvalue weighted by Crippen LogP contribution is 2.48. The molecule has 4 nitrogen and oxygen atoms in total. The molecule has 12 rings (SSSR count). The molecule has 0 atom stereocenters. The number of thiophene rings is 1. The van der Waals surface area contributed by atoms with Crippen LogP contribution in [0.25, 0.3) is 114 Å². The van der Waals surface area contributed by atoms with Crippen LogP contribution in [0.4, 0.5) is 0 Å². The van der Waals surface area contributed by atoms with E-state index < -0.39 is 0 Å². The van der Waals surface area contributed by atoms with E-state index in [1.54, 1.807) is 0 Å². The second-order valence-electron chi connectivity index (χ2n) is 13.6. The number of hydrogen-bond donors (Lipinski definition) is 0. The number of rotatable bonds is 3. The first-order valence-corrected chi connectivity index (χ1v) is 18.7. The Labute approximate surface area is 306 Å². The van der Waals surface area contributed by atoms with Crippen molar-refractivity contribution in [1.29, 1.82) is 0 Å². The zero-order valence-electron chi connectivity index (χ0n) is 28.2. The molecule has 0 bridgehead atoms. The van der Waals surface area contributed by atoms with Crippen molar-refractivity contribution in [1.82, 2.24) is 14.5 Å². The van der Waals surface area contributed by atoms with Crippen molar-refractivity contribution < 1.29 is 4.42 Å². The summed E-state index contributed by atoms with van der Waals surface area (Å²) in [5, 5.41) is 10.7. The van der Waals surface area contributed by atoms with Gasteiger partial charge >= 0.3 is 0 Å². The summed E-state index contributed by atoms with van der Waals surface area (Å²) in [4.78, 5) is 11.0. The quantitative estimate of drug-likeness (QED) is 0.185. The summed E-state index contributed by atoms with van der Waals surface area (Å²) in [7, 11) is 0. The zero-order chi connectivity index (χ0) is 34.6. The van der Waals surface area contributed by atoms with Crippen LogP contribution >= 0.6 is 11.3 Å². The molecule has 0 aliphatic rings. The molecule has 0 amide bonds. The average molecular weight is 694 g/mol. The van der Waals surface area contributed by atoms with Crippen LogP contribution in [0.1, 0.15) is 0 Å². The van der Waals surface area contributed by atoms with E-state index in [1.807, 2.05) is 23.5 Å². The lowest BCUT2D eigenvalue weighted by Gasteiger charge is -2.14. The zero-order valence-corrected chi connectivity index (χ0v) is 29.1. The maximum atomic E-state index is 6.68. The van der Waals surface area contributed by atoms with Crippen molar-refractivity contribution in [2.75, 3.05) is 0 Å². The minimum absolute atomic E-state index is 0.621. The molecule has 4 heterocycles. The van der Waals surface area contributed by atoms with E-state index in [1.165, 1.54) is 52.8 Å². The van der Waals surface area contributed by atoms with Gasteiger partial charge in [0.1, 0.15) is 16.8 Å². The largest absolute Gasteiger partial charge is 0.452 e. The lowest BCUT2D eigenvalue weighted by Crippen LogP contribution is -2.03. The van der Waals surface area contributed by atoms with E-state index in [2.05, 4.69) is 156 Å². The van der Waals surface area contributed by atoms with Crippen LogP contribution in [0, 0.1) is 0 Å². The van der Waals surface area contributed by atoms with Gasteiger partial charge in [-0.25, -0.2) is 9.97 Å². The van der Waals surface area contributed by atoms with E-state index in [9.17, 15) is 0 Å². The van der Waals surface area contributed by atoms with Gasteiger partial charge in [0.05, 0.1) is 15.7 Å². The molecule has 8 aromatic carbocycles. The molecule has 0 saturated carbocycles. The van der Waals surface area contributed by atoms with E-state index in [0.29, 0.717) is 11.5 Å². The van der Waals surface area contributed by atoms with Crippen LogP contribution in [-0.4, -0.2) is 14.5 Å². The summed E-state index contributed by atoms with van der Waals surface area (Å²) in [5.41, 5.74) is 8.62. The smallest absolute Gasteiger partial charge is 0.236 e. The number of nitrogens with zero attached hydrogens (tertiary/aromatic N) is 3. The minimum Gasteiger partial charge on any atom is -0.452 e. The van der Waals surface area contributed by atoms with Crippen molar-refractivity contribution >= 4 is 96.9 Å². The molecule has 0 spiro atoms. The monoisotopic (exact) mass is 693 g/mol. The number of para-hydroxylation sites is 2. The van der Waals surface area contributed by atoms with Gasteiger partial charge in [0.25, 0.3) is 0 Å². The van der Waals surface area contributed by atoms with Crippen LogP contribution in [0.2, 0.25) is 0 Å². The number of fused-ring (bicyclic) bond motifs is 14. The lowest BCUT2D eigenvalue weighted by molar-refractivity contribution is 0.666.